The zero-order valence-corrected chi connectivity index (χ0v) is 12.0. The number of benzene rings is 1. The normalized spacial score (nSPS) is 22.1. The average molecular weight is 279 g/mol. The zero-order chi connectivity index (χ0) is 14.5. The molecule has 6 nitrogen and oxygen atoms in total. The topological polar surface area (TPSA) is 71.6 Å². The van der Waals surface area contributed by atoms with Crippen molar-refractivity contribution >= 4 is 11.6 Å². The molecule has 110 valence electrons. The van der Waals surface area contributed by atoms with Crippen molar-refractivity contribution in [3.05, 3.63) is 18.2 Å². The lowest BCUT2D eigenvalue weighted by molar-refractivity contribution is -0.118. The third-order valence-electron chi connectivity index (χ3n) is 3.32. The van der Waals surface area contributed by atoms with Crippen LogP contribution in [0.4, 0.5) is 5.69 Å². The van der Waals surface area contributed by atoms with Gasteiger partial charge >= 0.3 is 0 Å². The number of amides is 1. The summed E-state index contributed by atoms with van der Waals surface area (Å²) < 4.78 is 10.4. The van der Waals surface area contributed by atoms with Gasteiger partial charge in [-0.05, 0) is 19.1 Å². The van der Waals surface area contributed by atoms with Gasteiger partial charge in [-0.2, -0.15) is 0 Å². The molecule has 0 aromatic heterocycles. The van der Waals surface area contributed by atoms with Gasteiger partial charge < -0.3 is 25.4 Å². The Balaban J connectivity index is 2.03. The molecule has 1 fully saturated rings. The van der Waals surface area contributed by atoms with Crippen molar-refractivity contribution in [3.8, 4) is 11.5 Å². The van der Waals surface area contributed by atoms with Crippen molar-refractivity contribution in [3.63, 3.8) is 0 Å². The predicted octanol–water partition coefficient (Wildman–Crippen LogP) is 0.592. The van der Waals surface area contributed by atoms with Crippen LogP contribution in [0.25, 0.3) is 0 Å². The molecule has 0 saturated carbocycles. The van der Waals surface area contributed by atoms with Crippen LogP contribution in [0.3, 0.4) is 0 Å². The first-order valence-electron chi connectivity index (χ1n) is 6.63. The monoisotopic (exact) mass is 279 g/mol. The van der Waals surface area contributed by atoms with Crippen LogP contribution in [0, 0.1) is 0 Å². The Morgan fingerprint density at radius 1 is 1.25 bits per heavy atom. The number of nitrogens with one attached hydrogen (secondary N) is 3. The SMILES string of the molecule is COc1ccc(NC(=O)C2CNC(C)CN2)c(OC)c1. The van der Waals surface area contributed by atoms with Gasteiger partial charge in [0.15, 0.2) is 0 Å². The Morgan fingerprint density at radius 2 is 2.05 bits per heavy atom. The van der Waals surface area contributed by atoms with E-state index < -0.39 is 0 Å². The molecule has 3 N–H and O–H groups in total. The Morgan fingerprint density at radius 3 is 2.65 bits per heavy atom. The summed E-state index contributed by atoms with van der Waals surface area (Å²) in [5, 5.41) is 9.36. The first-order chi connectivity index (χ1) is 9.63. The van der Waals surface area contributed by atoms with Crippen LogP contribution >= 0.6 is 0 Å². The quantitative estimate of drug-likeness (QED) is 0.752. The maximum Gasteiger partial charge on any atom is 0.242 e. The standard InChI is InChI=1S/C14H21N3O3/c1-9-7-16-12(8-15-9)14(18)17-11-5-4-10(19-2)6-13(11)20-3/h4-6,9,12,15-16H,7-8H2,1-3H3,(H,17,18). The van der Waals surface area contributed by atoms with E-state index in [2.05, 4.69) is 22.9 Å². The summed E-state index contributed by atoms with van der Waals surface area (Å²) in [6.45, 7) is 3.47. The van der Waals surface area contributed by atoms with E-state index in [9.17, 15) is 4.79 Å². The van der Waals surface area contributed by atoms with Gasteiger partial charge in [-0.1, -0.05) is 0 Å². The van der Waals surface area contributed by atoms with Crippen LogP contribution in [0.2, 0.25) is 0 Å². The van der Waals surface area contributed by atoms with E-state index in [1.54, 1.807) is 32.4 Å². The first-order valence-corrected chi connectivity index (χ1v) is 6.63. The van der Waals surface area contributed by atoms with E-state index in [1.165, 1.54) is 0 Å². The van der Waals surface area contributed by atoms with Crippen molar-refractivity contribution in [1.29, 1.82) is 0 Å². The lowest BCUT2D eigenvalue weighted by atomic mass is 10.1. The van der Waals surface area contributed by atoms with Crippen LogP contribution in [0.15, 0.2) is 18.2 Å². The second-order valence-electron chi connectivity index (χ2n) is 4.83. The number of hydrogen-bond acceptors (Lipinski definition) is 5. The lowest BCUT2D eigenvalue weighted by Crippen LogP contribution is -2.57. The predicted molar refractivity (Wildman–Crippen MR) is 77.4 cm³/mol. The van der Waals surface area contributed by atoms with Gasteiger partial charge in [0, 0.05) is 25.2 Å². The summed E-state index contributed by atoms with van der Waals surface area (Å²) in [5.74, 6) is 1.19. The van der Waals surface area contributed by atoms with E-state index in [0.29, 0.717) is 29.8 Å². The Kier molecular flexibility index (Phi) is 4.81. The van der Waals surface area contributed by atoms with Crippen molar-refractivity contribution in [2.75, 3.05) is 32.6 Å². The molecular formula is C14H21N3O3. The summed E-state index contributed by atoms with van der Waals surface area (Å²) in [5.41, 5.74) is 0.638. The number of ether oxygens (including phenoxy) is 2. The summed E-state index contributed by atoms with van der Waals surface area (Å²) in [4.78, 5) is 12.2. The smallest absolute Gasteiger partial charge is 0.242 e. The molecule has 2 unspecified atom stereocenters. The van der Waals surface area contributed by atoms with E-state index in [4.69, 9.17) is 9.47 Å². The van der Waals surface area contributed by atoms with Crippen LogP contribution in [0.5, 0.6) is 11.5 Å². The summed E-state index contributed by atoms with van der Waals surface area (Å²) in [7, 11) is 3.15. The third kappa shape index (κ3) is 3.40. The van der Waals surface area contributed by atoms with Crippen LogP contribution in [0.1, 0.15) is 6.92 Å². The van der Waals surface area contributed by atoms with Crippen molar-refractivity contribution in [2.24, 2.45) is 0 Å². The van der Waals surface area contributed by atoms with E-state index in [1.807, 2.05) is 0 Å². The zero-order valence-electron chi connectivity index (χ0n) is 12.0. The summed E-state index contributed by atoms with van der Waals surface area (Å²) >= 11 is 0. The fourth-order valence-corrected chi connectivity index (χ4v) is 2.09. The van der Waals surface area contributed by atoms with E-state index >= 15 is 0 Å². The minimum atomic E-state index is -0.238. The van der Waals surface area contributed by atoms with Crippen LogP contribution < -0.4 is 25.4 Å². The number of hydrogen-bond donors (Lipinski definition) is 3. The van der Waals surface area contributed by atoms with E-state index in [0.717, 1.165) is 6.54 Å². The molecule has 1 aromatic rings. The molecule has 0 bridgehead atoms. The number of piperazine rings is 1. The van der Waals surface area contributed by atoms with Crippen molar-refractivity contribution in [2.45, 2.75) is 19.0 Å². The molecule has 1 amide bonds. The number of rotatable bonds is 4. The first kappa shape index (κ1) is 14.6. The third-order valence-corrected chi connectivity index (χ3v) is 3.32. The number of methoxy groups -OCH3 is 2. The molecule has 1 heterocycles. The fraction of sp³-hybridized carbons (Fsp3) is 0.500. The molecule has 1 aliphatic rings. The highest BCUT2D eigenvalue weighted by molar-refractivity contribution is 5.96. The fourth-order valence-electron chi connectivity index (χ4n) is 2.09. The molecule has 2 rings (SSSR count). The van der Waals surface area contributed by atoms with Crippen LogP contribution in [-0.2, 0) is 4.79 Å². The van der Waals surface area contributed by atoms with Gasteiger partial charge in [-0.15, -0.1) is 0 Å². The number of carbonyl (C=O) groups excluding carboxylic acids is 1. The van der Waals surface area contributed by atoms with Crippen LogP contribution in [-0.4, -0.2) is 45.3 Å². The molecule has 1 aliphatic heterocycles. The largest absolute Gasteiger partial charge is 0.497 e. The molecule has 1 saturated heterocycles. The average Bonchev–Trinajstić information content (AvgIpc) is 2.48. The molecule has 6 heteroatoms. The van der Waals surface area contributed by atoms with Gasteiger partial charge in [-0.3, -0.25) is 4.79 Å². The minimum absolute atomic E-state index is 0.0760. The highest BCUT2D eigenvalue weighted by Crippen LogP contribution is 2.29. The van der Waals surface area contributed by atoms with Crippen molar-refractivity contribution in [1.82, 2.24) is 10.6 Å². The highest BCUT2D eigenvalue weighted by atomic mass is 16.5. The maximum absolute atomic E-state index is 12.2. The molecular weight excluding hydrogens is 258 g/mol. The number of anilines is 1. The Labute approximate surface area is 118 Å². The maximum atomic E-state index is 12.2. The van der Waals surface area contributed by atoms with Gasteiger partial charge in [-0.25, -0.2) is 0 Å². The molecule has 0 spiro atoms. The number of carbonyl (C=O) groups is 1. The van der Waals surface area contributed by atoms with Gasteiger partial charge in [0.25, 0.3) is 0 Å². The van der Waals surface area contributed by atoms with Gasteiger partial charge in [0.05, 0.1) is 25.9 Å². The van der Waals surface area contributed by atoms with Gasteiger partial charge in [0.2, 0.25) is 5.91 Å². The van der Waals surface area contributed by atoms with E-state index in [-0.39, 0.29) is 11.9 Å². The Bertz CT molecular complexity index is 471. The molecule has 0 radical (unpaired) electrons. The second kappa shape index (κ2) is 6.58. The van der Waals surface area contributed by atoms with Crippen molar-refractivity contribution < 1.29 is 14.3 Å². The minimum Gasteiger partial charge on any atom is -0.497 e. The van der Waals surface area contributed by atoms with Gasteiger partial charge in [0.1, 0.15) is 11.5 Å². The summed E-state index contributed by atoms with van der Waals surface area (Å²) in [6.07, 6.45) is 0. The Hall–Kier alpha value is -1.79. The molecule has 0 aliphatic carbocycles. The second-order valence-corrected chi connectivity index (χ2v) is 4.83. The lowest BCUT2D eigenvalue weighted by Gasteiger charge is -2.28. The summed E-state index contributed by atoms with van der Waals surface area (Å²) in [6, 6.07) is 5.44. The molecule has 1 aromatic carbocycles. The molecule has 20 heavy (non-hydrogen) atoms. The molecule has 2 atom stereocenters. The highest BCUT2D eigenvalue weighted by Gasteiger charge is 2.23.